The molecule has 1 aliphatic carbocycles. The van der Waals surface area contributed by atoms with E-state index in [1.54, 1.807) is 12.1 Å². The summed E-state index contributed by atoms with van der Waals surface area (Å²) in [6.45, 7) is 0. The number of hydrogen-bond donors (Lipinski definition) is 1. The summed E-state index contributed by atoms with van der Waals surface area (Å²) in [6.07, 6.45) is 5.31. The lowest BCUT2D eigenvalue weighted by molar-refractivity contribution is 0.424. The molecule has 0 aromatic heterocycles. The average Bonchev–Trinajstić information content (AvgIpc) is 2.97. The van der Waals surface area contributed by atoms with Gasteiger partial charge in [-0.15, -0.1) is 0 Å². The van der Waals surface area contributed by atoms with Crippen LogP contribution in [0, 0.1) is 11.7 Å². The monoisotopic (exact) mass is 333 g/mol. The van der Waals surface area contributed by atoms with Crippen molar-refractivity contribution >= 4 is 28.9 Å². The lowest BCUT2D eigenvalue weighted by Gasteiger charge is -2.37. The molecule has 1 N–H and O–H groups in total. The van der Waals surface area contributed by atoms with Gasteiger partial charge in [0.2, 0.25) is 0 Å². The number of nitrogens with one attached hydrogen (secondary N) is 1. The lowest BCUT2D eigenvalue weighted by atomic mass is 9.77. The van der Waals surface area contributed by atoms with Gasteiger partial charge in [0.1, 0.15) is 5.82 Å². The molecular weight excluding hydrogens is 320 g/mol. The van der Waals surface area contributed by atoms with Crippen molar-refractivity contribution in [1.29, 1.82) is 0 Å². The first-order valence-corrected chi connectivity index (χ1v) is 8.06. The molecule has 0 spiro atoms. The van der Waals surface area contributed by atoms with Crippen LogP contribution in [0.5, 0.6) is 0 Å². The molecule has 1 aliphatic heterocycles. The van der Waals surface area contributed by atoms with Crippen LogP contribution in [0.3, 0.4) is 0 Å². The molecule has 0 amide bonds. The molecule has 2 aromatic rings. The van der Waals surface area contributed by atoms with Gasteiger partial charge in [-0.05, 0) is 53.8 Å². The maximum Gasteiger partial charge on any atom is 0.123 e. The van der Waals surface area contributed by atoms with Gasteiger partial charge in [-0.3, -0.25) is 0 Å². The molecule has 2 aromatic carbocycles. The van der Waals surface area contributed by atoms with Crippen molar-refractivity contribution in [2.75, 3.05) is 5.32 Å². The summed E-state index contributed by atoms with van der Waals surface area (Å²) in [4.78, 5) is 0. The predicted molar refractivity (Wildman–Crippen MR) is 89.2 cm³/mol. The van der Waals surface area contributed by atoms with E-state index in [0.717, 1.165) is 23.2 Å². The van der Waals surface area contributed by atoms with E-state index in [2.05, 4.69) is 17.5 Å². The predicted octanol–water partition coefficient (Wildman–Crippen LogP) is 5.96. The van der Waals surface area contributed by atoms with Gasteiger partial charge in [0.05, 0.1) is 6.04 Å². The molecule has 4 heteroatoms. The van der Waals surface area contributed by atoms with Gasteiger partial charge in [0.25, 0.3) is 0 Å². The first-order chi connectivity index (χ1) is 10.6. The fraction of sp³-hybridized carbons (Fsp3) is 0.222. The zero-order valence-corrected chi connectivity index (χ0v) is 13.2. The molecule has 1 heterocycles. The Kier molecular flexibility index (Phi) is 3.39. The molecule has 2 aliphatic rings. The number of benzene rings is 2. The minimum atomic E-state index is -0.192. The highest BCUT2D eigenvalue weighted by Gasteiger charge is 2.38. The van der Waals surface area contributed by atoms with Gasteiger partial charge >= 0.3 is 0 Å². The Morgan fingerprint density at radius 2 is 1.91 bits per heavy atom. The van der Waals surface area contributed by atoms with E-state index in [1.165, 1.54) is 6.07 Å². The quantitative estimate of drug-likeness (QED) is 0.635. The van der Waals surface area contributed by atoms with Crippen molar-refractivity contribution < 1.29 is 4.39 Å². The van der Waals surface area contributed by atoms with Gasteiger partial charge in [-0.2, -0.15) is 0 Å². The topological polar surface area (TPSA) is 12.0 Å². The Balaban J connectivity index is 1.81. The molecule has 0 radical (unpaired) electrons. The summed E-state index contributed by atoms with van der Waals surface area (Å²) in [6, 6.07) is 10.7. The Labute approximate surface area is 138 Å². The first kappa shape index (κ1) is 14.1. The molecule has 1 nitrogen and oxygen atoms in total. The molecule has 3 unspecified atom stereocenters. The summed E-state index contributed by atoms with van der Waals surface area (Å²) in [5.41, 5.74) is 3.05. The van der Waals surface area contributed by atoms with Crippen LogP contribution in [0.25, 0.3) is 0 Å². The third-order valence-corrected chi connectivity index (χ3v) is 5.18. The number of fused-ring (bicyclic) bond motifs is 3. The van der Waals surface area contributed by atoms with Gasteiger partial charge in [-0.25, -0.2) is 4.39 Å². The minimum Gasteiger partial charge on any atom is -0.378 e. The van der Waals surface area contributed by atoms with Crippen molar-refractivity contribution in [1.82, 2.24) is 0 Å². The first-order valence-electron chi connectivity index (χ1n) is 7.31. The van der Waals surface area contributed by atoms with E-state index in [1.807, 2.05) is 18.2 Å². The van der Waals surface area contributed by atoms with Crippen molar-refractivity contribution in [3.8, 4) is 0 Å². The summed E-state index contributed by atoms with van der Waals surface area (Å²) in [5, 5.41) is 4.84. The van der Waals surface area contributed by atoms with Crippen LogP contribution >= 0.6 is 23.2 Å². The van der Waals surface area contributed by atoms with Crippen LogP contribution < -0.4 is 5.32 Å². The molecule has 4 rings (SSSR count). The van der Waals surface area contributed by atoms with Crippen molar-refractivity contribution in [3.05, 3.63) is 75.5 Å². The minimum absolute atomic E-state index is 0.0997. The fourth-order valence-electron chi connectivity index (χ4n) is 3.63. The molecule has 112 valence electrons. The highest BCUT2D eigenvalue weighted by atomic mass is 35.5. The van der Waals surface area contributed by atoms with E-state index in [4.69, 9.17) is 23.2 Å². The second-order valence-corrected chi connectivity index (χ2v) is 6.72. The Bertz CT molecular complexity index is 772. The Morgan fingerprint density at radius 1 is 1.05 bits per heavy atom. The fourth-order valence-corrected chi connectivity index (χ4v) is 4.15. The Hall–Kier alpha value is -1.51. The smallest absolute Gasteiger partial charge is 0.123 e. The molecular formula is C18H14Cl2FN. The van der Waals surface area contributed by atoms with Crippen molar-refractivity contribution in [2.45, 2.75) is 18.4 Å². The largest absolute Gasteiger partial charge is 0.378 e. The number of hydrogen-bond acceptors (Lipinski definition) is 1. The number of halogens is 3. The van der Waals surface area contributed by atoms with E-state index in [-0.39, 0.29) is 17.8 Å². The van der Waals surface area contributed by atoms with Gasteiger partial charge in [0, 0.05) is 21.7 Å². The molecule has 0 bridgehead atoms. The SMILES string of the molecule is Fc1ccc2c(c1)C1C=CCC1C(c1ccc(Cl)cc1Cl)N2. The third-order valence-electron chi connectivity index (χ3n) is 4.62. The second kappa shape index (κ2) is 5.29. The van der Waals surface area contributed by atoms with E-state index < -0.39 is 0 Å². The second-order valence-electron chi connectivity index (χ2n) is 5.87. The standard InChI is InChI=1S/C18H14Cl2FN/c19-10-4-6-14(16(20)8-10)18-13-3-1-2-12(13)15-9-11(21)5-7-17(15)22-18/h1-2,4-9,12-13,18,22H,3H2. The molecule has 3 atom stereocenters. The Morgan fingerprint density at radius 3 is 2.73 bits per heavy atom. The summed E-state index contributed by atoms with van der Waals surface area (Å²) in [7, 11) is 0. The van der Waals surface area contributed by atoms with Crippen LogP contribution in [0.15, 0.2) is 48.6 Å². The van der Waals surface area contributed by atoms with E-state index in [0.29, 0.717) is 16.0 Å². The van der Waals surface area contributed by atoms with Crippen LogP contribution in [-0.2, 0) is 0 Å². The summed E-state index contributed by atoms with van der Waals surface area (Å²) < 4.78 is 13.6. The number of allylic oxidation sites excluding steroid dienone is 2. The van der Waals surface area contributed by atoms with Crippen LogP contribution in [-0.4, -0.2) is 0 Å². The highest BCUT2D eigenvalue weighted by molar-refractivity contribution is 6.35. The van der Waals surface area contributed by atoms with E-state index in [9.17, 15) is 4.39 Å². The van der Waals surface area contributed by atoms with Crippen LogP contribution in [0.1, 0.15) is 29.5 Å². The highest BCUT2D eigenvalue weighted by Crippen LogP contribution is 2.50. The van der Waals surface area contributed by atoms with Gasteiger partial charge in [0.15, 0.2) is 0 Å². The number of rotatable bonds is 1. The van der Waals surface area contributed by atoms with Gasteiger partial charge < -0.3 is 5.32 Å². The molecule has 22 heavy (non-hydrogen) atoms. The maximum atomic E-state index is 13.6. The van der Waals surface area contributed by atoms with Crippen molar-refractivity contribution in [2.24, 2.45) is 5.92 Å². The number of anilines is 1. The summed E-state index contributed by atoms with van der Waals surface area (Å²) >= 11 is 12.4. The lowest BCUT2D eigenvalue weighted by Crippen LogP contribution is -2.29. The van der Waals surface area contributed by atoms with Crippen molar-refractivity contribution in [3.63, 3.8) is 0 Å². The molecule has 0 saturated carbocycles. The van der Waals surface area contributed by atoms with Crippen LogP contribution in [0.4, 0.5) is 10.1 Å². The average molecular weight is 334 g/mol. The molecule has 0 saturated heterocycles. The van der Waals surface area contributed by atoms with Crippen LogP contribution in [0.2, 0.25) is 10.0 Å². The third kappa shape index (κ3) is 2.22. The normalized spacial score (nSPS) is 25.5. The summed E-state index contributed by atoms with van der Waals surface area (Å²) in [5.74, 6) is 0.374. The zero-order chi connectivity index (χ0) is 15.3. The van der Waals surface area contributed by atoms with E-state index >= 15 is 0 Å². The zero-order valence-electron chi connectivity index (χ0n) is 11.7. The van der Waals surface area contributed by atoms with Gasteiger partial charge in [-0.1, -0.05) is 41.4 Å². The molecule has 0 fully saturated rings. The maximum absolute atomic E-state index is 13.6.